The first kappa shape index (κ1) is 29.0. The SMILES string of the molecule is CO[C@H](CC(=O)O)[C@@H](C)C(=O)[C@H](C)/C=C(\C)[C@@H]1OC(=O)[C@H](O)[C@H](O)/C=C/[C@H](C)CCC[C@@H]1C. The summed E-state index contributed by atoms with van der Waals surface area (Å²) >= 11 is 0. The molecule has 0 amide bonds. The van der Waals surface area contributed by atoms with Gasteiger partial charge < -0.3 is 24.8 Å². The number of hydrogen-bond acceptors (Lipinski definition) is 7. The summed E-state index contributed by atoms with van der Waals surface area (Å²) in [6, 6.07) is 0. The van der Waals surface area contributed by atoms with Crippen molar-refractivity contribution >= 4 is 17.7 Å². The second-order valence-corrected chi connectivity index (χ2v) is 9.33. The number of esters is 1. The Kier molecular flexibility index (Phi) is 12.0. The van der Waals surface area contributed by atoms with Crippen molar-refractivity contribution in [3.05, 3.63) is 23.8 Å². The minimum Gasteiger partial charge on any atom is -0.481 e. The van der Waals surface area contributed by atoms with E-state index in [1.54, 1.807) is 32.9 Å². The molecule has 1 aliphatic rings. The Morgan fingerprint density at radius 1 is 1.21 bits per heavy atom. The van der Waals surface area contributed by atoms with Crippen LogP contribution in [0.2, 0.25) is 0 Å². The molecule has 0 aromatic carbocycles. The summed E-state index contributed by atoms with van der Waals surface area (Å²) in [5, 5.41) is 29.3. The monoisotopic (exact) mass is 468 g/mol. The lowest BCUT2D eigenvalue weighted by molar-refractivity contribution is -0.164. The third-order valence-electron chi connectivity index (χ3n) is 6.38. The van der Waals surface area contributed by atoms with Gasteiger partial charge in [-0.05, 0) is 37.2 Å². The van der Waals surface area contributed by atoms with E-state index < -0.39 is 48.2 Å². The van der Waals surface area contributed by atoms with Gasteiger partial charge in [-0.2, -0.15) is 0 Å². The molecule has 0 aromatic heterocycles. The highest BCUT2D eigenvalue weighted by Crippen LogP contribution is 2.27. The maximum Gasteiger partial charge on any atom is 0.338 e. The Balaban J connectivity index is 3.09. The van der Waals surface area contributed by atoms with Crippen LogP contribution in [0.15, 0.2) is 23.8 Å². The average Bonchev–Trinajstić information content (AvgIpc) is 2.76. The van der Waals surface area contributed by atoms with Crippen LogP contribution in [-0.4, -0.2) is 64.6 Å². The van der Waals surface area contributed by atoms with Gasteiger partial charge in [-0.1, -0.05) is 52.3 Å². The lowest BCUT2D eigenvalue weighted by Gasteiger charge is -2.28. The Bertz CT molecular complexity index is 728. The van der Waals surface area contributed by atoms with Crippen molar-refractivity contribution in [2.45, 2.75) is 84.7 Å². The van der Waals surface area contributed by atoms with Crippen molar-refractivity contribution in [1.82, 2.24) is 0 Å². The molecule has 8 heteroatoms. The number of allylic oxidation sites excluding steroid dienone is 2. The van der Waals surface area contributed by atoms with Crippen LogP contribution in [0.1, 0.15) is 60.3 Å². The molecule has 0 aromatic rings. The average molecular weight is 469 g/mol. The van der Waals surface area contributed by atoms with Crippen molar-refractivity contribution in [3.8, 4) is 0 Å². The van der Waals surface area contributed by atoms with Gasteiger partial charge in [-0.15, -0.1) is 0 Å². The third-order valence-corrected chi connectivity index (χ3v) is 6.38. The summed E-state index contributed by atoms with van der Waals surface area (Å²) in [6.45, 7) is 9.09. The van der Waals surface area contributed by atoms with E-state index in [1.165, 1.54) is 13.2 Å². The lowest BCUT2D eigenvalue weighted by atomic mass is 9.86. The quantitative estimate of drug-likeness (QED) is 0.366. The molecule has 1 aliphatic heterocycles. The number of ketones is 1. The van der Waals surface area contributed by atoms with Gasteiger partial charge in [-0.3, -0.25) is 9.59 Å². The fourth-order valence-electron chi connectivity index (χ4n) is 4.22. The summed E-state index contributed by atoms with van der Waals surface area (Å²) in [5.74, 6) is -3.20. The number of rotatable bonds is 8. The number of aliphatic carboxylic acids is 1. The second kappa shape index (κ2) is 13.6. The summed E-state index contributed by atoms with van der Waals surface area (Å²) in [6.07, 6.45) is 2.76. The predicted octanol–water partition coefficient (Wildman–Crippen LogP) is 2.91. The van der Waals surface area contributed by atoms with Crippen molar-refractivity contribution in [2.24, 2.45) is 23.7 Å². The van der Waals surface area contributed by atoms with Crippen LogP contribution in [-0.2, 0) is 23.9 Å². The maximum absolute atomic E-state index is 12.9. The van der Waals surface area contributed by atoms with Gasteiger partial charge in [0.25, 0.3) is 0 Å². The van der Waals surface area contributed by atoms with E-state index in [2.05, 4.69) is 0 Å². The normalized spacial score (nSPS) is 31.3. The number of cyclic esters (lactones) is 1. The van der Waals surface area contributed by atoms with Crippen LogP contribution < -0.4 is 0 Å². The zero-order valence-corrected chi connectivity index (χ0v) is 20.6. The molecule has 0 bridgehead atoms. The Hall–Kier alpha value is -2.03. The van der Waals surface area contributed by atoms with Crippen LogP contribution in [0.25, 0.3) is 0 Å². The molecule has 0 saturated heterocycles. The number of carbonyl (C=O) groups excluding carboxylic acids is 2. The molecule has 0 aliphatic carbocycles. The van der Waals surface area contributed by atoms with Crippen molar-refractivity contribution in [1.29, 1.82) is 0 Å². The number of ether oxygens (including phenoxy) is 2. The maximum atomic E-state index is 12.9. The van der Waals surface area contributed by atoms with Crippen molar-refractivity contribution in [3.63, 3.8) is 0 Å². The first-order chi connectivity index (χ1) is 15.4. The molecule has 0 spiro atoms. The van der Waals surface area contributed by atoms with E-state index in [4.69, 9.17) is 14.6 Å². The predicted molar refractivity (Wildman–Crippen MR) is 123 cm³/mol. The molecule has 3 N–H and O–H groups in total. The third kappa shape index (κ3) is 9.02. The molecule has 1 heterocycles. The van der Waals surface area contributed by atoms with Crippen molar-refractivity contribution < 1.29 is 39.2 Å². The van der Waals surface area contributed by atoms with Gasteiger partial charge in [0.1, 0.15) is 18.0 Å². The molecule has 188 valence electrons. The van der Waals surface area contributed by atoms with E-state index in [9.17, 15) is 24.6 Å². The minimum atomic E-state index is -1.70. The van der Waals surface area contributed by atoms with E-state index in [0.29, 0.717) is 5.57 Å². The Labute approximate surface area is 196 Å². The highest BCUT2D eigenvalue weighted by molar-refractivity contribution is 5.85. The van der Waals surface area contributed by atoms with Crippen LogP contribution >= 0.6 is 0 Å². The van der Waals surface area contributed by atoms with Gasteiger partial charge in [0.05, 0.1) is 12.5 Å². The van der Waals surface area contributed by atoms with Crippen LogP contribution in [0.3, 0.4) is 0 Å². The molecule has 1 rings (SSSR count). The van der Waals surface area contributed by atoms with E-state index in [0.717, 1.165) is 19.3 Å². The van der Waals surface area contributed by atoms with Gasteiger partial charge in [0.2, 0.25) is 0 Å². The summed E-state index contributed by atoms with van der Waals surface area (Å²) in [5.41, 5.74) is 0.665. The number of carboxylic acids is 1. The van der Waals surface area contributed by atoms with E-state index in [-0.39, 0.29) is 24.0 Å². The number of Topliss-reactive ketones (excluding diaryl/α,β-unsaturated/α-hetero) is 1. The van der Waals surface area contributed by atoms with Gasteiger partial charge >= 0.3 is 11.9 Å². The molecule has 0 radical (unpaired) electrons. The van der Waals surface area contributed by atoms with Gasteiger partial charge in [-0.25, -0.2) is 4.79 Å². The Morgan fingerprint density at radius 2 is 1.85 bits per heavy atom. The number of methoxy groups -OCH3 is 1. The largest absolute Gasteiger partial charge is 0.481 e. The van der Waals surface area contributed by atoms with Crippen LogP contribution in [0.4, 0.5) is 0 Å². The van der Waals surface area contributed by atoms with Crippen LogP contribution in [0, 0.1) is 23.7 Å². The number of aliphatic hydroxyl groups excluding tert-OH is 2. The molecule has 0 unspecified atom stereocenters. The number of carboxylic acid groups (broad SMARTS) is 1. The minimum absolute atomic E-state index is 0.0661. The summed E-state index contributed by atoms with van der Waals surface area (Å²) < 4.78 is 10.8. The topological polar surface area (TPSA) is 130 Å². The zero-order chi connectivity index (χ0) is 25.3. The van der Waals surface area contributed by atoms with E-state index in [1.807, 2.05) is 13.8 Å². The Morgan fingerprint density at radius 3 is 2.42 bits per heavy atom. The molecule has 0 fully saturated rings. The second-order valence-electron chi connectivity index (χ2n) is 9.33. The fraction of sp³-hybridized carbons (Fsp3) is 0.720. The zero-order valence-electron chi connectivity index (χ0n) is 20.6. The number of aliphatic hydroxyl groups is 2. The highest BCUT2D eigenvalue weighted by Gasteiger charge is 2.32. The van der Waals surface area contributed by atoms with Crippen molar-refractivity contribution in [2.75, 3.05) is 7.11 Å². The van der Waals surface area contributed by atoms with Crippen LogP contribution in [0.5, 0.6) is 0 Å². The number of carbonyl (C=O) groups is 3. The first-order valence-corrected chi connectivity index (χ1v) is 11.6. The molecule has 8 nitrogen and oxygen atoms in total. The standard InChI is InChI=1S/C25H40O8/c1-14-8-7-9-15(2)24(33-25(31)23(30)19(26)11-10-14)17(4)12-16(3)22(29)18(5)20(32-6)13-21(27)28/h10-12,14-16,18-20,23-24,26,30H,7-9,13H2,1-6H3,(H,27,28)/b11-10+,17-12+/t14-,15+,16-,18-,19-,20-,23-,24-/m1/s1. The fourth-order valence-corrected chi connectivity index (χ4v) is 4.22. The summed E-state index contributed by atoms with van der Waals surface area (Å²) in [7, 11) is 1.38. The van der Waals surface area contributed by atoms with E-state index >= 15 is 0 Å². The molecule has 8 atom stereocenters. The molecular formula is C25H40O8. The molecular weight excluding hydrogens is 428 g/mol. The lowest BCUT2D eigenvalue weighted by Crippen LogP contribution is -2.39. The van der Waals surface area contributed by atoms with Gasteiger partial charge in [0, 0.05) is 18.9 Å². The van der Waals surface area contributed by atoms with Gasteiger partial charge in [0.15, 0.2) is 6.10 Å². The molecule has 33 heavy (non-hydrogen) atoms. The summed E-state index contributed by atoms with van der Waals surface area (Å²) in [4.78, 5) is 36.5. The highest BCUT2D eigenvalue weighted by atomic mass is 16.6. The number of hydrogen-bond donors (Lipinski definition) is 3. The smallest absolute Gasteiger partial charge is 0.338 e. The molecule has 0 saturated carbocycles. The first-order valence-electron chi connectivity index (χ1n) is 11.6.